The summed E-state index contributed by atoms with van der Waals surface area (Å²) in [7, 11) is 0. The van der Waals surface area contributed by atoms with E-state index < -0.39 is 0 Å². The van der Waals surface area contributed by atoms with Crippen LogP contribution in [0.4, 0.5) is 5.95 Å². The maximum atomic E-state index is 12.0. The molecule has 0 spiro atoms. The molecule has 0 aliphatic rings. The number of hydrogen-bond acceptors (Lipinski definition) is 4. The number of carbonyl (C=O) groups excluding carboxylic acids is 1. The molecule has 0 atom stereocenters. The van der Waals surface area contributed by atoms with Crippen LogP contribution in [-0.2, 0) is 11.2 Å². The number of anilines is 1. The van der Waals surface area contributed by atoms with Crippen molar-refractivity contribution < 1.29 is 9.53 Å². The van der Waals surface area contributed by atoms with Gasteiger partial charge in [0.15, 0.2) is 0 Å². The van der Waals surface area contributed by atoms with E-state index >= 15 is 0 Å². The maximum Gasteiger partial charge on any atom is 0.231 e. The summed E-state index contributed by atoms with van der Waals surface area (Å²) in [5.74, 6) is 0.944. The number of aryl methyl sites for hydroxylation is 1. The lowest BCUT2D eigenvalue weighted by atomic mass is 10.1. The molecule has 0 fully saturated rings. The lowest BCUT2D eigenvalue weighted by Crippen LogP contribution is -2.16. The van der Waals surface area contributed by atoms with Crippen molar-refractivity contribution >= 4 is 11.9 Å². The van der Waals surface area contributed by atoms with E-state index in [2.05, 4.69) is 15.3 Å². The largest absolute Gasteiger partial charge is 0.491 e. The highest BCUT2D eigenvalue weighted by Crippen LogP contribution is 2.15. The number of rotatable bonds is 5. The Morgan fingerprint density at radius 2 is 2.14 bits per heavy atom. The van der Waals surface area contributed by atoms with Crippen molar-refractivity contribution in [3.05, 3.63) is 47.8 Å². The van der Waals surface area contributed by atoms with E-state index in [1.54, 1.807) is 12.3 Å². The van der Waals surface area contributed by atoms with E-state index in [0.717, 1.165) is 17.0 Å². The summed E-state index contributed by atoms with van der Waals surface area (Å²) in [6.45, 7) is 5.78. The highest BCUT2D eigenvalue weighted by molar-refractivity contribution is 5.90. The summed E-state index contributed by atoms with van der Waals surface area (Å²) in [6.07, 6.45) is 1.98. The molecule has 1 heterocycles. The van der Waals surface area contributed by atoms with Crippen molar-refractivity contribution in [3.63, 3.8) is 0 Å². The monoisotopic (exact) mass is 285 g/mol. The molecule has 21 heavy (non-hydrogen) atoms. The number of hydrogen-bond donors (Lipinski definition) is 1. The number of amides is 1. The first-order valence-corrected chi connectivity index (χ1v) is 6.88. The zero-order valence-electron chi connectivity index (χ0n) is 12.5. The molecule has 2 rings (SSSR count). The van der Waals surface area contributed by atoms with Crippen molar-refractivity contribution in [1.29, 1.82) is 0 Å². The van der Waals surface area contributed by atoms with Gasteiger partial charge < -0.3 is 4.74 Å². The van der Waals surface area contributed by atoms with Crippen molar-refractivity contribution in [1.82, 2.24) is 9.97 Å². The molecule has 0 radical (unpaired) electrons. The van der Waals surface area contributed by atoms with E-state index in [1.165, 1.54) is 0 Å². The molecule has 0 unspecified atom stereocenters. The second kappa shape index (κ2) is 6.83. The Bertz CT molecular complexity index is 626. The van der Waals surface area contributed by atoms with Crippen LogP contribution in [0.5, 0.6) is 5.75 Å². The standard InChI is InChI=1S/C16H19N3O2/c1-11(2)21-14-6-4-5-13(9-14)10-15(20)19-16-17-8-7-12(3)18-16/h4-9,11H,10H2,1-3H3,(H,17,18,19,20). The molecule has 2 aromatic rings. The molecule has 1 aromatic heterocycles. The highest BCUT2D eigenvalue weighted by Gasteiger charge is 2.07. The fourth-order valence-electron chi connectivity index (χ4n) is 1.86. The number of carbonyl (C=O) groups is 1. The smallest absolute Gasteiger partial charge is 0.231 e. The third kappa shape index (κ3) is 4.87. The minimum atomic E-state index is -0.151. The highest BCUT2D eigenvalue weighted by atomic mass is 16.5. The van der Waals surface area contributed by atoms with Gasteiger partial charge in [-0.15, -0.1) is 0 Å². The van der Waals surface area contributed by atoms with Crippen LogP contribution in [0.1, 0.15) is 25.1 Å². The van der Waals surface area contributed by atoms with Crippen molar-refractivity contribution in [2.75, 3.05) is 5.32 Å². The second-order valence-electron chi connectivity index (χ2n) is 5.06. The number of nitrogens with one attached hydrogen (secondary N) is 1. The molecule has 1 N–H and O–H groups in total. The Balaban J connectivity index is 1.99. The van der Waals surface area contributed by atoms with Crippen LogP contribution >= 0.6 is 0 Å². The van der Waals surface area contributed by atoms with Crippen LogP contribution in [0.15, 0.2) is 36.5 Å². The predicted octanol–water partition coefficient (Wildman–Crippen LogP) is 2.75. The molecule has 5 heteroatoms. The molecule has 0 aliphatic heterocycles. The maximum absolute atomic E-state index is 12.0. The van der Waals surface area contributed by atoms with E-state index in [-0.39, 0.29) is 18.4 Å². The van der Waals surface area contributed by atoms with Crippen LogP contribution in [0.25, 0.3) is 0 Å². The van der Waals surface area contributed by atoms with E-state index in [0.29, 0.717) is 5.95 Å². The number of aromatic nitrogens is 2. The first kappa shape index (κ1) is 15.0. The Morgan fingerprint density at radius 1 is 1.33 bits per heavy atom. The zero-order valence-corrected chi connectivity index (χ0v) is 12.5. The summed E-state index contributed by atoms with van der Waals surface area (Å²) >= 11 is 0. The van der Waals surface area contributed by atoms with Gasteiger partial charge in [-0.1, -0.05) is 12.1 Å². The third-order valence-corrected chi connectivity index (χ3v) is 2.68. The van der Waals surface area contributed by atoms with Gasteiger partial charge in [-0.2, -0.15) is 0 Å². The van der Waals surface area contributed by atoms with Crippen molar-refractivity contribution in [3.8, 4) is 5.75 Å². The van der Waals surface area contributed by atoms with Crippen LogP contribution in [0.2, 0.25) is 0 Å². The number of benzene rings is 1. The second-order valence-corrected chi connectivity index (χ2v) is 5.06. The zero-order chi connectivity index (χ0) is 15.2. The molecule has 1 aromatic carbocycles. The quantitative estimate of drug-likeness (QED) is 0.917. The number of ether oxygens (including phenoxy) is 1. The van der Waals surface area contributed by atoms with E-state index in [4.69, 9.17) is 4.74 Å². The van der Waals surface area contributed by atoms with Gasteiger partial charge in [0.1, 0.15) is 5.75 Å². The molecule has 5 nitrogen and oxygen atoms in total. The Kier molecular flexibility index (Phi) is 4.87. The summed E-state index contributed by atoms with van der Waals surface area (Å²) < 4.78 is 5.61. The van der Waals surface area contributed by atoms with Gasteiger partial charge in [-0.3, -0.25) is 10.1 Å². The van der Waals surface area contributed by atoms with Crippen LogP contribution in [-0.4, -0.2) is 22.0 Å². The summed E-state index contributed by atoms with van der Waals surface area (Å²) in [5.41, 5.74) is 1.70. The van der Waals surface area contributed by atoms with Gasteiger partial charge in [-0.05, 0) is 44.5 Å². The van der Waals surface area contributed by atoms with Gasteiger partial charge in [-0.25, -0.2) is 9.97 Å². The first-order valence-electron chi connectivity index (χ1n) is 6.88. The molecular weight excluding hydrogens is 266 g/mol. The van der Waals surface area contributed by atoms with Crippen molar-refractivity contribution in [2.45, 2.75) is 33.3 Å². The van der Waals surface area contributed by atoms with E-state index in [1.807, 2.05) is 45.0 Å². The summed E-state index contributed by atoms with van der Waals surface area (Å²) in [6, 6.07) is 9.30. The predicted molar refractivity (Wildman–Crippen MR) is 81.3 cm³/mol. The van der Waals surface area contributed by atoms with Crippen LogP contribution in [0.3, 0.4) is 0 Å². The molecule has 0 aliphatic carbocycles. The number of nitrogens with zero attached hydrogens (tertiary/aromatic N) is 2. The average molecular weight is 285 g/mol. The Hall–Kier alpha value is -2.43. The normalized spacial score (nSPS) is 10.5. The van der Waals surface area contributed by atoms with Crippen molar-refractivity contribution in [2.24, 2.45) is 0 Å². The summed E-state index contributed by atoms with van der Waals surface area (Å²) in [5, 5.41) is 2.69. The SMILES string of the molecule is Cc1ccnc(NC(=O)Cc2cccc(OC(C)C)c2)n1. The van der Waals surface area contributed by atoms with Crippen LogP contribution in [0, 0.1) is 6.92 Å². The summed E-state index contributed by atoms with van der Waals surface area (Å²) in [4.78, 5) is 20.1. The molecular formula is C16H19N3O2. The van der Waals surface area contributed by atoms with Gasteiger partial charge in [0.25, 0.3) is 0 Å². The fraction of sp³-hybridized carbons (Fsp3) is 0.312. The van der Waals surface area contributed by atoms with Gasteiger partial charge >= 0.3 is 0 Å². The topological polar surface area (TPSA) is 64.1 Å². The average Bonchev–Trinajstić information content (AvgIpc) is 2.37. The minimum Gasteiger partial charge on any atom is -0.491 e. The molecule has 0 saturated heterocycles. The van der Waals surface area contributed by atoms with Gasteiger partial charge in [0.05, 0.1) is 12.5 Å². The molecule has 0 saturated carbocycles. The van der Waals surface area contributed by atoms with Gasteiger partial charge in [0.2, 0.25) is 11.9 Å². The van der Waals surface area contributed by atoms with Crippen LogP contribution < -0.4 is 10.1 Å². The minimum absolute atomic E-state index is 0.106. The molecule has 1 amide bonds. The van der Waals surface area contributed by atoms with Gasteiger partial charge in [0, 0.05) is 11.9 Å². The first-order chi connectivity index (χ1) is 10.0. The molecule has 0 bridgehead atoms. The lowest BCUT2D eigenvalue weighted by molar-refractivity contribution is -0.115. The fourth-order valence-corrected chi connectivity index (χ4v) is 1.86. The van der Waals surface area contributed by atoms with E-state index in [9.17, 15) is 4.79 Å². The lowest BCUT2D eigenvalue weighted by Gasteiger charge is -2.10. The Morgan fingerprint density at radius 3 is 2.86 bits per heavy atom. The molecule has 110 valence electrons. The Labute approximate surface area is 124 Å². The third-order valence-electron chi connectivity index (χ3n) is 2.68.